The molecule has 254 valence electrons. The number of ether oxygens (including phenoxy) is 1. The maximum Gasteiger partial charge on any atom is 0.306 e. The molecule has 6 nitrogen and oxygen atoms in total. The first-order valence-corrected chi connectivity index (χ1v) is 18.1. The van der Waals surface area contributed by atoms with Gasteiger partial charge in [-0.1, -0.05) is 109 Å². The lowest BCUT2D eigenvalue weighted by Gasteiger charge is -2.62. The summed E-state index contributed by atoms with van der Waals surface area (Å²) < 4.78 is 22.7. The topological polar surface area (TPSA) is 101 Å². The number of unbranched alkanes of at least 4 members (excludes halogenated alkanes) is 12. The molecule has 4 aliphatic carbocycles. The smallest absolute Gasteiger partial charge is 0.306 e. The largest absolute Gasteiger partial charge is 0.458 e. The molecular weight excluding hydrogens is 571 g/mol. The number of hydrogen-bond donors (Lipinski definition) is 2. The van der Waals surface area contributed by atoms with Gasteiger partial charge in [0.25, 0.3) is 0 Å². The number of hydrogen-bond acceptors (Lipinski definition) is 6. The molecule has 2 N–H and O–H groups in total. The van der Waals surface area contributed by atoms with Gasteiger partial charge in [0, 0.05) is 23.2 Å². The van der Waals surface area contributed by atoms with Crippen LogP contribution in [-0.4, -0.2) is 51.7 Å². The van der Waals surface area contributed by atoms with Gasteiger partial charge in [-0.15, -0.1) is 0 Å². The second-order valence-electron chi connectivity index (χ2n) is 15.2. The monoisotopic (exact) mass is 630 g/mol. The summed E-state index contributed by atoms with van der Waals surface area (Å²) in [6, 6.07) is 0. The van der Waals surface area contributed by atoms with Gasteiger partial charge in [0.1, 0.15) is 5.60 Å². The van der Waals surface area contributed by atoms with E-state index in [0.717, 1.165) is 12.8 Å². The third-order valence-corrected chi connectivity index (χ3v) is 12.5. The molecule has 0 saturated heterocycles. The quantitative estimate of drug-likeness (QED) is 0.125. The van der Waals surface area contributed by atoms with Crippen LogP contribution in [0.5, 0.6) is 0 Å². The average molecular weight is 631 g/mol. The van der Waals surface area contributed by atoms with Crippen molar-refractivity contribution < 1.29 is 33.7 Å². The minimum atomic E-state index is -2.02. The van der Waals surface area contributed by atoms with Gasteiger partial charge in [0.05, 0.1) is 6.10 Å². The Morgan fingerprint density at radius 1 is 0.956 bits per heavy atom. The molecule has 0 aromatic rings. The van der Waals surface area contributed by atoms with Crippen molar-refractivity contribution in [2.24, 2.45) is 28.6 Å². The van der Waals surface area contributed by atoms with E-state index in [1.807, 2.05) is 0 Å². The van der Waals surface area contributed by atoms with Gasteiger partial charge in [-0.3, -0.25) is 14.4 Å². The van der Waals surface area contributed by atoms with Gasteiger partial charge in [-0.2, -0.15) is 0 Å². The van der Waals surface area contributed by atoms with Gasteiger partial charge in [0.15, 0.2) is 18.1 Å². The highest BCUT2D eigenvalue weighted by Gasteiger charge is 2.75. The molecule has 0 aromatic heterocycles. The molecule has 4 aliphatic rings. The Bertz CT molecular complexity index is 1130. The highest BCUT2D eigenvalue weighted by Crippen LogP contribution is 2.70. The highest BCUT2D eigenvalue weighted by atomic mass is 19.1. The van der Waals surface area contributed by atoms with Crippen molar-refractivity contribution in [1.29, 1.82) is 0 Å². The Labute approximate surface area is 270 Å². The van der Waals surface area contributed by atoms with Gasteiger partial charge in [-0.05, 0) is 63.0 Å². The third kappa shape index (κ3) is 6.77. The number of carbonyl (C=O) groups is 3. The maximum absolute atomic E-state index is 17.3. The average Bonchev–Trinajstić information content (AvgIpc) is 3.20. The first-order valence-electron chi connectivity index (χ1n) is 18.1. The van der Waals surface area contributed by atoms with E-state index in [-0.39, 0.29) is 24.5 Å². The van der Waals surface area contributed by atoms with Gasteiger partial charge < -0.3 is 14.9 Å². The van der Waals surface area contributed by atoms with Crippen LogP contribution in [0.15, 0.2) is 23.8 Å². The third-order valence-electron chi connectivity index (χ3n) is 12.5. The molecule has 8 atom stereocenters. The van der Waals surface area contributed by atoms with E-state index < -0.39 is 58.4 Å². The lowest BCUT2D eigenvalue weighted by molar-refractivity contribution is -0.220. The summed E-state index contributed by atoms with van der Waals surface area (Å²) in [4.78, 5) is 38.2. The molecule has 0 bridgehead atoms. The summed E-state index contributed by atoms with van der Waals surface area (Å²) in [5, 5.41) is 23.6. The molecule has 0 aromatic carbocycles. The summed E-state index contributed by atoms with van der Waals surface area (Å²) in [5.74, 6) is -2.59. The summed E-state index contributed by atoms with van der Waals surface area (Å²) in [5.41, 5.74) is -5.36. The van der Waals surface area contributed by atoms with Crippen LogP contribution in [0.2, 0.25) is 0 Å². The van der Waals surface area contributed by atoms with Crippen molar-refractivity contribution in [2.75, 3.05) is 6.61 Å². The zero-order valence-corrected chi connectivity index (χ0v) is 28.4. The Morgan fingerprint density at radius 2 is 1.53 bits per heavy atom. The van der Waals surface area contributed by atoms with Crippen LogP contribution in [-0.2, 0) is 19.1 Å². The fraction of sp³-hybridized carbons (Fsp3) is 0.816. The summed E-state index contributed by atoms with van der Waals surface area (Å²) in [7, 11) is 0. The van der Waals surface area contributed by atoms with E-state index >= 15 is 4.39 Å². The van der Waals surface area contributed by atoms with Crippen LogP contribution >= 0.6 is 0 Å². The first kappa shape index (κ1) is 36.0. The Morgan fingerprint density at radius 3 is 2.13 bits per heavy atom. The Balaban J connectivity index is 1.24. The minimum absolute atomic E-state index is 0.0885. The van der Waals surface area contributed by atoms with E-state index in [0.29, 0.717) is 31.3 Å². The number of aliphatic hydroxyl groups is 2. The van der Waals surface area contributed by atoms with Gasteiger partial charge in [-0.25, -0.2) is 4.39 Å². The van der Waals surface area contributed by atoms with E-state index in [1.54, 1.807) is 26.8 Å². The summed E-state index contributed by atoms with van der Waals surface area (Å²) in [6.45, 7) is 7.08. The number of Topliss-reactive ketones (excluding diaryl/α,β-unsaturated/α-hetero) is 1. The predicted octanol–water partition coefficient (Wildman–Crippen LogP) is 7.93. The van der Waals surface area contributed by atoms with Crippen LogP contribution < -0.4 is 0 Å². The number of fused-ring (bicyclic) bond motifs is 5. The second kappa shape index (κ2) is 14.9. The lowest BCUT2D eigenvalue weighted by atomic mass is 9.44. The van der Waals surface area contributed by atoms with Crippen LogP contribution in [0.1, 0.15) is 143 Å². The van der Waals surface area contributed by atoms with Crippen molar-refractivity contribution in [3.8, 4) is 0 Å². The van der Waals surface area contributed by atoms with Crippen molar-refractivity contribution in [3.05, 3.63) is 23.8 Å². The van der Waals surface area contributed by atoms with Crippen LogP contribution in [0.3, 0.4) is 0 Å². The standard InChI is InChI=1S/C38H59FO6/c1-5-6-7-8-9-10-11-12-13-14-15-16-17-18-34(43)45-26-33(42)38(44)27(2)23-31-30-20-19-28-24-29(40)21-22-35(28,3)37(30,39)32(41)25-36(31,38)4/h21-22,24,27,30-32,41,44H,5-20,23,25-26H2,1-4H3/t27-,30+,31+,32+,35+,36-,37+,38+/m0/s1. The predicted molar refractivity (Wildman–Crippen MR) is 174 cm³/mol. The summed E-state index contributed by atoms with van der Waals surface area (Å²) >= 11 is 0. The zero-order valence-electron chi connectivity index (χ0n) is 28.4. The molecule has 7 heteroatoms. The molecule has 0 unspecified atom stereocenters. The van der Waals surface area contributed by atoms with E-state index in [9.17, 15) is 24.6 Å². The number of esters is 1. The maximum atomic E-state index is 17.3. The van der Waals surface area contributed by atoms with Crippen LogP contribution in [0, 0.1) is 28.6 Å². The van der Waals surface area contributed by atoms with E-state index in [2.05, 4.69) is 6.92 Å². The molecule has 0 heterocycles. The first-order chi connectivity index (χ1) is 21.4. The molecule has 3 saturated carbocycles. The molecule has 0 aliphatic heterocycles. The van der Waals surface area contributed by atoms with Crippen LogP contribution in [0.4, 0.5) is 4.39 Å². The number of ketones is 2. The minimum Gasteiger partial charge on any atom is -0.458 e. The fourth-order valence-electron chi connectivity index (χ4n) is 9.76. The van der Waals surface area contributed by atoms with Crippen molar-refractivity contribution in [1.82, 2.24) is 0 Å². The van der Waals surface area contributed by atoms with Gasteiger partial charge >= 0.3 is 5.97 Å². The van der Waals surface area contributed by atoms with Crippen molar-refractivity contribution in [3.63, 3.8) is 0 Å². The van der Waals surface area contributed by atoms with Crippen molar-refractivity contribution >= 4 is 17.5 Å². The summed E-state index contributed by atoms with van der Waals surface area (Å²) in [6.07, 6.45) is 20.4. The number of aliphatic hydroxyl groups excluding tert-OH is 1. The molecule has 0 amide bonds. The number of alkyl halides is 1. The zero-order chi connectivity index (χ0) is 32.9. The molecule has 0 spiro atoms. The number of carbonyl (C=O) groups excluding carboxylic acids is 3. The van der Waals surface area contributed by atoms with Gasteiger partial charge in [0.2, 0.25) is 5.78 Å². The van der Waals surface area contributed by atoms with E-state index in [1.165, 1.54) is 76.4 Å². The SMILES string of the molecule is CCCCCCCCCCCCCCCC(=O)OCC(=O)[C@]1(O)[C@@H](C)C[C@@H]2[C@H]3CCC4=CC(=O)C=C[C@@]4(C)[C@]3(F)[C@H](O)C[C@@]21C. The lowest BCUT2D eigenvalue weighted by Crippen LogP contribution is -2.69. The number of halogens is 1. The Kier molecular flexibility index (Phi) is 11.9. The molecule has 4 rings (SSSR count). The number of allylic oxidation sites excluding steroid dienone is 4. The molecule has 3 fully saturated rings. The molecule has 45 heavy (non-hydrogen) atoms. The highest BCUT2D eigenvalue weighted by molar-refractivity contribution is 6.01. The Hall–Kier alpha value is -1.86. The molecular formula is C38H59FO6. The van der Waals surface area contributed by atoms with Crippen molar-refractivity contribution in [2.45, 2.75) is 161 Å². The molecule has 0 radical (unpaired) electrons. The van der Waals surface area contributed by atoms with E-state index in [4.69, 9.17) is 4.74 Å². The van der Waals surface area contributed by atoms with Crippen LogP contribution in [0.25, 0.3) is 0 Å². The number of rotatable bonds is 17. The fourth-order valence-corrected chi connectivity index (χ4v) is 9.76. The normalized spacial score (nSPS) is 37.0. The second-order valence-corrected chi connectivity index (χ2v) is 15.2.